The van der Waals surface area contributed by atoms with E-state index in [1.54, 1.807) is 62.9 Å². The lowest BCUT2D eigenvalue weighted by Crippen LogP contribution is -2.54. The van der Waals surface area contributed by atoms with Crippen LogP contribution in [0.5, 0.6) is 0 Å². The third-order valence-electron chi connectivity index (χ3n) is 4.81. The van der Waals surface area contributed by atoms with E-state index >= 15 is 0 Å². The Bertz CT molecular complexity index is 790. The van der Waals surface area contributed by atoms with Gasteiger partial charge in [0, 0.05) is 24.8 Å². The number of hydrogen-bond donors (Lipinski definition) is 1. The molecule has 2 aromatic rings. The fourth-order valence-corrected chi connectivity index (χ4v) is 3.57. The normalized spacial score (nSPS) is 24.0. The summed E-state index contributed by atoms with van der Waals surface area (Å²) >= 11 is 0. The number of piperidine rings is 1. The summed E-state index contributed by atoms with van der Waals surface area (Å²) in [7, 11) is 0. The van der Waals surface area contributed by atoms with Crippen molar-refractivity contribution in [2.24, 2.45) is 11.8 Å². The third kappa shape index (κ3) is 4.32. The van der Waals surface area contributed by atoms with E-state index in [-0.39, 0.29) is 13.2 Å². The van der Waals surface area contributed by atoms with E-state index < -0.39 is 41.6 Å². The summed E-state index contributed by atoms with van der Waals surface area (Å²) in [6, 6.07) is 5.59. The van der Waals surface area contributed by atoms with Crippen LogP contribution in [0.25, 0.3) is 0 Å². The number of ether oxygens (including phenoxy) is 2. The van der Waals surface area contributed by atoms with Gasteiger partial charge in [-0.2, -0.15) is 0 Å². The van der Waals surface area contributed by atoms with Crippen molar-refractivity contribution in [3.8, 4) is 0 Å². The SMILES string of the molecule is CCOC(=O)[C@@H]1C(=O)[C@H](C(=O)OCC)[C@H](c2cccnc2)N[C@H]1c1cccnc1. The van der Waals surface area contributed by atoms with Gasteiger partial charge in [0.2, 0.25) is 0 Å². The number of rotatable bonds is 6. The fourth-order valence-electron chi connectivity index (χ4n) is 3.57. The van der Waals surface area contributed by atoms with Gasteiger partial charge in [0.1, 0.15) is 11.8 Å². The van der Waals surface area contributed by atoms with Gasteiger partial charge < -0.3 is 14.8 Å². The molecule has 1 N–H and O–H groups in total. The van der Waals surface area contributed by atoms with Crippen molar-refractivity contribution in [3.05, 3.63) is 60.2 Å². The van der Waals surface area contributed by atoms with Crippen LogP contribution in [0.1, 0.15) is 37.1 Å². The average Bonchev–Trinajstić information content (AvgIpc) is 2.74. The van der Waals surface area contributed by atoms with Crippen LogP contribution in [0.2, 0.25) is 0 Å². The number of aromatic nitrogens is 2. The van der Waals surface area contributed by atoms with Crippen molar-refractivity contribution in [2.45, 2.75) is 25.9 Å². The minimum absolute atomic E-state index is 0.123. The van der Waals surface area contributed by atoms with Crippen LogP contribution >= 0.6 is 0 Å². The van der Waals surface area contributed by atoms with E-state index in [1.165, 1.54) is 0 Å². The van der Waals surface area contributed by atoms with Crippen LogP contribution in [0.15, 0.2) is 49.1 Å². The zero-order valence-corrected chi connectivity index (χ0v) is 16.3. The van der Waals surface area contributed by atoms with Gasteiger partial charge in [-0.3, -0.25) is 24.4 Å². The number of esters is 2. The second-order valence-electron chi connectivity index (χ2n) is 6.56. The minimum atomic E-state index is -1.19. The second kappa shape index (κ2) is 9.38. The Morgan fingerprint density at radius 2 is 1.34 bits per heavy atom. The van der Waals surface area contributed by atoms with E-state index in [1.807, 2.05) is 0 Å². The Morgan fingerprint density at radius 3 is 1.69 bits per heavy atom. The molecule has 1 fully saturated rings. The maximum absolute atomic E-state index is 13.4. The van der Waals surface area contributed by atoms with Gasteiger partial charge in [-0.05, 0) is 37.1 Å². The number of nitrogens with zero attached hydrogens (tertiary/aromatic N) is 2. The highest BCUT2D eigenvalue weighted by atomic mass is 16.5. The average molecular weight is 397 g/mol. The number of carbonyl (C=O) groups is 3. The zero-order valence-electron chi connectivity index (χ0n) is 16.3. The first-order valence-corrected chi connectivity index (χ1v) is 9.51. The van der Waals surface area contributed by atoms with Crippen LogP contribution in [0.4, 0.5) is 0 Å². The molecular weight excluding hydrogens is 374 g/mol. The Labute approximate surface area is 168 Å². The first-order chi connectivity index (χ1) is 14.1. The lowest BCUT2D eigenvalue weighted by Gasteiger charge is -2.39. The highest BCUT2D eigenvalue weighted by Crippen LogP contribution is 2.39. The summed E-state index contributed by atoms with van der Waals surface area (Å²) in [5, 5.41) is 3.29. The van der Waals surface area contributed by atoms with Gasteiger partial charge in [0.15, 0.2) is 5.78 Å². The maximum atomic E-state index is 13.4. The minimum Gasteiger partial charge on any atom is -0.465 e. The molecule has 0 spiro atoms. The van der Waals surface area contributed by atoms with Crippen molar-refractivity contribution < 1.29 is 23.9 Å². The van der Waals surface area contributed by atoms with Crippen molar-refractivity contribution in [1.82, 2.24) is 15.3 Å². The summed E-state index contributed by atoms with van der Waals surface area (Å²) in [5.74, 6) is -4.29. The van der Waals surface area contributed by atoms with E-state index in [0.29, 0.717) is 11.1 Å². The summed E-state index contributed by atoms with van der Waals surface area (Å²) in [5.41, 5.74) is 1.30. The molecule has 1 aliphatic rings. The number of ketones is 1. The number of carbonyl (C=O) groups excluding carboxylic acids is 3. The molecule has 3 heterocycles. The number of nitrogens with one attached hydrogen (secondary N) is 1. The first kappa shape index (κ1) is 20.6. The van der Waals surface area contributed by atoms with E-state index in [0.717, 1.165) is 0 Å². The summed E-state index contributed by atoms with van der Waals surface area (Å²) in [6.45, 7) is 3.58. The molecule has 152 valence electrons. The Morgan fingerprint density at radius 1 is 0.897 bits per heavy atom. The number of hydrogen-bond acceptors (Lipinski definition) is 8. The molecule has 2 aromatic heterocycles. The van der Waals surface area contributed by atoms with Gasteiger partial charge >= 0.3 is 11.9 Å². The standard InChI is InChI=1S/C21H23N3O5/c1-3-28-20(26)15-17(13-7-5-9-22-11-13)24-18(14-8-6-10-23-12-14)16(19(15)25)21(27)29-4-2/h5-12,15-18,24H,3-4H2,1-2H3/t15-,16+,17-,18-/m0/s1. The van der Waals surface area contributed by atoms with E-state index in [2.05, 4.69) is 15.3 Å². The van der Waals surface area contributed by atoms with Crippen LogP contribution in [-0.2, 0) is 23.9 Å². The topological polar surface area (TPSA) is 107 Å². The summed E-state index contributed by atoms with van der Waals surface area (Å²) in [6.07, 6.45) is 6.38. The van der Waals surface area contributed by atoms with Crippen molar-refractivity contribution >= 4 is 17.7 Å². The van der Waals surface area contributed by atoms with Crippen molar-refractivity contribution in [3.63, 3.8) is 0 Å². The molecule has 29 heavy (non-hydrogen) atoms. The Hall–Kier alpha value is -3.13. The molecule has 1 saturated heterocycles. The van der Waals surface area contributed by atoms with Gasteiger partial charge in [-0.1, -0.05) is 12.1 Å². The summed E-state index contributed by atoms with van der Waals surface area (Å²) < 4.78 is 10.3. The molecule has 4 atom stereocenters. The molecule has 0 amide bonds. The van der Waals surface area contributed by atoms with Crippen molar-refractivity contribution in [2.75, 3.05) is 13.2 Å². The zero-order chi connectivity index (χ0) is 20.8. The molecule has 8 nitrogen and oxygen atoms in total. The summed E-state index contributed by atoms with van der Waals surface area (Å²) in [4.78, 5) is 47.0. The van der Waals surface area contributed by atoms with Crippen LogP contribution in [0, 0.1) is 11.8 Å². The predicted octanol–water partition coefficient (Wildman–Crippen LogP) is 1.79. The molecule has 0 bridgehead atoms. The predicted molar refractivity (Wildman–Crippen MR) is 102 cm³/mol. The molecule has 8 heteroatoms. The second-order valence-corrected chi connectivity index (χ2v) is 6.56. The van der Waals surface area contributed by atoms with Crippen LogP contribution < -0.4 is 5.32 Å². The smallest absolute Gasteiger partial charge is 0.318 e. The monoisotopic (exact) mass is 397 g/mol. The maximum Gasteiger partial charge on any atom is 0.318 e. The lowest BCUT2D eigenvalue weighted by atomic mass is 9.75. The Kier molecular flexibility index (Phi) is 6.66. The number of Topliss-reactive ketones (excluding diaryl/α,β-unsaturated/α-hetero) is 1. The Balaban J connectivity index is 2.08. The van der Waals surface area contributed by atoms with Gasteiger partial charge in [-0.25, -0.2) is 0 Å². The van der Waals surface area contributed by atoms with E-state index in [9.17, 15) is 14.4 Å². The highest BCUT2D eigenvalue weighted by Gasteiger charge is 2.52. The quantitative estimate of drug-likeness (QED) is 0.581. The van der Waals surface area contributed by atoms with Gasteiger partial charge in [-0.15, -0.1) is 0 Å². The van der Waals surface area contributed by atoms with Crippen LogP contribution in [0.3, 0.4) is 0 Å². The number of pyridine rings is 2. The third-order valence-corrected chi connectivity index (χ3v) is 4.81. The molecule has 1 aliphatic heterocycles. The first-order valence-electron chi connectivity index (χ1n) is 9.51. The molecule has 0 radical (unpaired) electrons. The largest absolute Gasteiger partial charge is 0.465 e. The molecule has 0 aromatic carbocycles. The molecule has 0 saturated carbocycles. The van der Waals surface area contributed by atoms with Gasteiger partial charge in [0.25, 0.3) is 0 Å². The molecule has 0 aliphatic carbocycles. The molecular formula is C21H23N3O5. The van der Waals surface area contributed by atoms with Gasteiger partial charge in [0.05, 0.1) is 25.3 Å². The van der Waals surface area contributed by atoms with Crippen LogP contribution in [-0.4, -0.2) is 40.9 Å². The fraction of sp³-hybridized carbons (Fsp3) is 0.381. The molecule has 0 unspecified atom stereocenters. The van der Waals surface area contributed by atoms with E-state index in [4.69, 9.17) is 9.47 Å². The van der Waals surface area contributed by atoms with Crippen molar-refractivity contribution in [1.29, 1.82) is 0 Å². The lowest BCUT2D eigenvalue weighted by molar-refractivity contribution is -0.162. The highest BCUT2D eigenvalue weighted by molar-refractivity contribution is 6.10. The molecule has 3 rings (SSSR count).